The van der Waals surface area contributed by atoms with Gasteiger partial charge in [0, 0.05) is 5.56 Å². The van der Waals surface area contributed by atoms with E-state index in [9.17, 15) is 9.59 Å². The number of carbonyl (C=O) groups excluding carboxylic acids is 2. The fraction of sp³-hybridized carbons (Fsp3) is 0.529. The average Bonchev–Trinajstić information content (AvgIpc) is 2.35. The predicted molar refractivity (Wildman–Crippen MR) is 82.0 cm³/mol. The molecule has 0 radical (unpaired) electrons. The van der Waals surface area contributed by atoms with Crippen molar-refractivity contribution in [3.05, 3.63) is 35.9 Å². The van der Waals surface area contributed by atoms with Crippen molar-refractivity contribution in [3.8, 4) is 0 Å². The molecule has 22 heavy (non-hydrogen) atoms. The average molecular weight is 305 g/mol. The van der Waals surface area contributed by atoms with Gasteiger partial charge in [0.1, 0.15) is 5.60 Å². The van der Waals surface area contributed by atoms with Gasteiger partial charge in [0.2, 0.25) is 5.91 Å². The number of imide groups is 1. The van der Waals surface area contributed by atoms with Gasteiger partial charge in [0.05, 0.1) is 12.0 Å². The largest absolute Gasteiger partial charge is 0.443 e. The number of rotatable bonds is 1. The van der Waals surface area contributed by atoms with Gasteiger partial charge in [-0.1, -0.05) is 30.3 Å². The highest BCUT2D eigenvalue weighted by Gasteiger charge is 2.44. The van der Waals surface area contributed by atoms with Crippen LogP contribution in [0.3, 0.4) is 0 Å². The molecule has 120 valence electrons. The van der Waals surface area contributed by atoms with Crippen molar-refractivity contribution < 1.29 is 19.1 Å². The van der Waals surface area contributed by atoms with Crippen LogP contribution in [-0.4, -0.2) is 28.1 Å². The van der Waals surface area contributed by atoms with Crippen molar-refractivity contribution in [1.82, 2.24) is 4.90 Å². The lowest BCUT2D eigenvalue weighted by Crippen LogP contribution is -2.52. The second-order valence-corrected chi connectivity index (χ2v) is 7.06. The molecule has 0 unspecified atom stereocenters. The zero-order chi connectivity index (χ0) is 16.5. The number of hydrogen-bond acceptors (Lipinski definition) is 4. The number of nitrogens with zero attached hydrogens (tertiary/aromatic N) is 1. The number of benzene rings is 1. The maximum atomic E-state index is 12.5. The minimum Gasteiger partial charge on any atom is -0.443 e. The van der Waals surface area contributed by atoms with E-state index in [2.05, 4.69) is 0 Å². The molecule has 2 amide bonds. The molecule has 1 aromatic carbocycles. The molecule has 1 heterocycles. The molecule has 5 heteroatoms. The van der Waals surface area contributed by atoms with Crippen LogP contribution in [0.5, 0.6) is 0 Å². The molecular weight excluding hydrogens is 282 g/mol. The van der Waals surface area contributed by atoms with E-state index < -0.39 is 23.5 Å². The lowest BCUT2D eigenvalue weighted by Gasteiger charge is -2.42. The molecule has 1 aliphatic heterocycles. The van der Waals surface area contributed by atoms with Crippen molar-refractivity contribution in [2.45, 2.75) is 58.5 Å². The summed E-state index contributed by atoms with van der Waals surface area (Å²) in [5, 5.41) is 0. The fourth-order valence-corrected chi connectivity index (χ4v) is 2.32. The smallest absolute Gasteiger partial charge is 0.419 e. The van der Waals surface area contributed by atoms with Crippen molar-refractivity contribution in [2.75, 3.05) is 0 Å². The lowest BCUT2D eigenvalue weighted by atomic mass is 10.00. The zero-order valence-corrected chi connectivity index (χ0v) is 13.8. The van der Waals surface area contributed by atoms with Crippen LogP contribution in [0, 0.1) is 0 Å². The third kappa shape index (κ3) is 3.85. The molecule has 0 aromatic heterocycles. The zero-order valence-electron chi connectivity index (χ0n) is 13.8. The maximum Gasteiger partial charge on any atom is 0.419 e. The molecule has 0 spiro atoms. The summed E-state index contributed by atoms with van der Waals surface area (Å²) in [6.07, 6.45) is -1.32. The van der Waals surface area contributed by atoms with Crippen LogP contribution in [0.2, 0.25) is 0 Å². The first-order chi connectivity index (χ1) is 10.1. The Morgan fingerprint density at radius 3 is 2.41 bits per heavy atom. The summed E-state index contributed by atoms with van der Waals surface area (Å²) in [5.74, 6) is -0.292. The van der Waals surface area contributed by atoms with Crippen LogP contribution in [-0.2, 0) is 14.3 Å². The highest BCUT2D eigenvalue weighted by atomic mass is 16.6. The van der Waals surface area contributed by atoms with E-state index in [0.29, 0.717) is 0 Å². The van der Waals surface area contributed by atoms with Crippen molar-refractivity contribution >= 4 is 12.0 Å². The molecule has 0 aliphatic carbocycles. The van der Waals surface area contributed by atoms with Gasteiger partial charge in [-0.15, -0.1) is 0 Å². The maximum absolute atomic E-state index is 12.5. The highest BCUT2D eigenvalue weighted by molar-refractivity contribution is 5.93. The van der Waals surface area contributed by atoms with Gasteiger partial charge in [-0.25, -0.2) is 9.69 Å². The SMILES string of the molecule is CC(C)(C)OC(=O)N1C(=O)CC(C)(C)O[C@@H]1c1ccccc1. The molecule has 1 aliphatic rings. The van der Waals surface area contributed by atoms with E-state index in [4.69, 9.17) is 9.47 Å². The Morgan fingerprint density at radius 1 is 1.27 bits per heavy atom. The summed E-state index contributed by atoms with van der Waals surface area (Å²) in [7, 11) is 0. The highest BCUT2D eigenvalue weighted by Crippen LogP contribution is 2.36. The summed E-state index contributed by atoms with van der Waals surface area (Å²) < 4.78 is 11.3. The van der Waals surface area contributed by atoms with Crippen LogP contribution in [0.1, 0.15) is 52.8 Å². The third-order valence-electron chi connectivity index (χ3n) is 3.19. The van der Waals surface area contributed by atoms with Crippen LogP contribution in [0.25, 0.3) is 0 Å². The summed E-state index contributed by atoms with van der Waals surface area (Å²) in [5.41, 5.74) is -0.559. The minimum absolute atomic E-state index is 0.135. The van der Waals surface area contributed by atoms with Crippen molar-refractivity contribution in [2.24, 2.45) is 0 Å². The van der Waals surface area contributed by atoms with Gasteiger partial charge in [0.25, 0.3) is 0 Å². The quantitative estimate of drug-likeness (QED) is 0.794. The topological polar surface area (TPSA) is 55.8 Å². The molecule has 1 saturated heterocycles. The molecule has 1 aromatic rings. The van der Waals surface area contributed by atoms with E-state index in [0.717, 1.165) is 10.5 Å². The second-order valence-electron chi connectivity index (χ2n) is 7.06. The number of carbonyl (C=O) groups is 2. The molecule has 0 N–H and O–H groups in total. The number of hydrogen-bond donors (Lipinski definition) is 0. The van der Waals surface area contributed by atoms with Gasteiger partial charge >= 0.3 is 6.09 Å². The van der Waals surface area contributed by atoms with E-state index in [1.807, 2.05) is 44.2 Å². The third-order valence-corrected chi connectivity index (χ3v) is 3.19. The van der Waals surface area contributed by atoms with Gasteiger partial charge in [0.15, 0.2) is 6.23 Å². The predicted octanol–water partition coefficient (Wildman–Crippen LogP) is 3.65. The van der Waals surface area contributed by atoms with Gasteiger partial charge in [-0.3, -0.25) is 4.79 Å². The van der Waals surface area contributed by atoms with E-state index in [-0.39, 0.29) is 12.3 Å². The molecule has 0 bridgehead atoms. The summed E-state index contributed by atoms with van der Waals surface area (Å²) >= 11 is 0. The molecule has 5 nitrogen and oxygen atoms in total. The summed E-state index contributed by atoms with van der Waals surface area (Å²) in [4.78, 5) is 26.0. The Labute approximate surface area is 131 Å². The van der Waals surface area contributed by atoms with Crippen LogP contribution < -0.4 is 0 Å². The first-order valence-corrected chi connectivity index (χ1v) is 7.37. The number of amides is 2. The summed E-state index contributed by atoms with van der Waals surface area (Å²) in [6.45, 7) is 8.98. The normalized spacial score (nSPS) is 21.6. The molecular formula is C17H23NO4. The number of ether oxygens (including phenoxy) is 2. The van der Waals surface area contributed by atoms with E-state index >= 15 is 0 Å². The first-order valence-electron chi connectivity index (χ1n) is 7.37. The van der Waals surface area contributed by atoms with E-state index in [1.54, 1.807) is 20.8 Å². The Kier molecular flexibility index (Phi) is 4.29. The molecule has 1 fully saturated rings. The Hall–Kier alpha value is -1.88. The monoisotopic (exact) mass is 305 g/mol. The lowest BCUT2D eigenvalue weighted by molar-refractivity contribution is -0.191. The van der Waals surface area contributed by atoms with Gasteiger partial charge in [-0.2, -0.15) is 0 Å². The van der Waals surface area contributed by atoms with Crippen LogP contribution in [0.4, 0.5) is 4.79 Å². The molecule has 2 rings (SSSR count). The summed E-state index contributed by atoms with van der Waals surface area (Å²) in [6, 6.07) is 9.22. The van der Waals surface area contributed by atoms with Gasteiger partial charge in [-0.05, 0) is 34.6 Å². The second kappa shape index (κ2) is 5.72. The van der Waals surface area contributed by atoms with Crippen LogP contribution in [0.15, 0.2) is 30.3 Å². The Bertz CT molecular complexity index is 560. The Morgan fingerprint density at radius 2 is 1.86 bits per heavy atom. The van der Waals surface area contributed by atoms with E-state index in [1.165, 1.54) is 0 Å². The van der Waals surface area contributed by atoms with Crippen LogP contribution >= 0.6 is 0 Å². The standard InChI is InChI=1S/C17H23NO4/c1-16(2,3)22-15(20)18-13(19)11-17(4,5)21-14(18)12-9-7-6-8-10-12/h6-10,14H,11H2,1-5H3/t14-/m1/s1. The Balaban J connectivity index is 2.35. The van der Waals surface area contributed by atoms with Crippen molar-refractivity contribution in [1.29, 1.82) is 0 Å². The van der Waals surface area contributed by atoms with Crippen molar-refractivity contribution in [3.63, 3.8) is 0 Å². The van der Waals surface area contributed by atoms with Gasteiger partial charge < -0.3 is 9.47 Å². The first kappa shape index (κ1) is 16.5. The fourth-order valence-electron chi connectivity index (χ4n) is 2.32. The molecule has 1 atom stereocenters. The molecule has 0 saturated carbocycles. The minimum atomic E-state index is -0.771.